The highest BCUT2D eigenvalue weighted by Crippen LogP contribution is 2.40. The molecule has 4 rings (SSSR count). The van der Waals surface area contributed by atoms with Crippen LogP contribution in [-0.2, 0) is 11.3 Å². The van der Waals surface area contributed by atoms with Crippen molar-refractivity contribution in [3.63, 3.8) is 0 Å². The molecule has 7 nitrogen and oxygen atoms in total. The monoisotopic (exact) mass is 417 g/mol. The van der Waals surface area contributed by atoms with Crippen molar-refractivity contribution in [1.29, 1.82) is 0 Å². The Balaban J connectivity index is 1.64. The standard InChI is InChI=1S/C19H20ClN5O2S/c1-11-6-18(27)25-19(21-11)28-16(22-25)10-24-9-12(7-17(26)23(2)3)14-8-13(20)4-5-15(14)24/h4-6,8,12H,7,9-10H2,1-3H3. The van der Waals surface area contributed by atoms with E-state index in [1.807, 2.05) is 18.2 Å². The molecule has 0 saturated heterocycles. The normalized spacial score (nSPS) is 15.9. The molecule has 1 atom stereocenters. The van der Waals surface area contributed by atoms with Gasteiger partial charge in [-0.25, -0.2) is 4.98 Å². The molecule has 0 N–H and O–H groups in total. The first kappa shape index (κ1) is 18.9. The summed E-state index contributed by atoms with van der Waals surface area (Å²) in [4.78, 5) is 33.2. The molecule has 9 heteroatoms. The average molecular weight is 418 g/mol. The number of carbonyl (C=O) groups excluding carboxylic acids is 1. The molecule has 28 heavy (non-hydrogen) atoms. The highest BCUT2D eigenvalue weighted by atomic mass is 35.5. The fourth-order valence-electron chi connectivity index (χ4n) is 3.51. The first-order valence-electron chi connectivity index (χ1n) is 8.93. The van der Waals surface area contributed by atoms with Crippen molar-refractivity contribution in [2.45, 2.75) is 25.8 Å². The maximum absolute atomic E-state index is 12.3. The van der Waals surface area contributed by atoms with E-state index in [1.165, 1.54) is 21.9 Å². The quantitative estimate of drug-likeness (QED) is 0.652. The van der Waals surface area contributed by atoms with E-state index in [0.717, 1.165) is 16.3 Å². The molecule has 0 saturated carbocycles. The lowest BCUT2D eigenvalue weighted by Crippen LogP contribution is -2.26. The number of fused-ring (bicyclic) bond motifs is 2. The predicted molar refractivity (Wildman–Crippen MR) is 110 cm³/mol. The molecule has 1 unspecified atom stereocenters. The van der Waals surface area contributed by atoms with Gasteiger partial charge in [0.1, 0.15) is 5.01 Å². The molecule has 3 aromatic rings. The number of hydrogen-bond acceptors (Lipinski definition) is 6. The maximum Gasteiger partial charge on any atom is 0.275 e. The third-order valence-corrected chi connectivity index (χ3v) is 6.00. The Kier molecular flexibility index (Phi) is 4.84. The van der Waals surface area contributed by atoms with Crippen LogP contribution in [-0.4, -0.2) is 46.0 Å². The third-order valence-electron chi connectivity index (χ3n) is 4.87. The van der Waals surface area contributed by atoms with Gasteiger partial charge in [0.25, 0.3) is 5.56 Å². The fourth-order valence-corrected chi connectivity index (χ4v) is 4.65. The van der Waals surface area contributed by atoms with Gasteiger partial charge in [-0.15, -0.1) is 0 Å². The van der Waals surface area contributed by atoms with Gasteiger partial charge in [-0.05, 0) is 30.7 Å². The molecular formula is C19H20ClN5O2S. The number of aromatic nitrogens is 3. The van der Waals surface area contributed by atoms with Gasteiger partial charge in [-0.1, -0.05) is 22.9 Å². The summed E-state index contributed by atoms with van der Waals surface area (Å²) in [7, 11) is 3.53. The summed E-state index contributed by atoms with van der Waals surface area (Å²) in [5.41, 5.74) is 2.64. The second-order valence-electron chi connectivity index (χ2n) is 7.20. The van der Waals surface area contributed by atoms with Crippen molar-refractivity contribution < 1.29 is 4.79 Å². The van der Waals surface area contributed by atoms with Crippen molar-refractivity contribution >= 4 is 39.5 Å². The zero-order valence-corrected chi connectivity index (χ0v) is 17.4. The molecule has 1 aromatic carbocycles. The molecule has 0 spiro atoms. The van der Waals surface area contributed by atoms with Gasteiger partial charge in [0.15, 0.2) is 0 Å². The Morgan fingerprint density at radius 2 is 2.14 bits per heavy atom. The number of nitrogens with zero attached hydrogens (tertiary/aromatic N) is 5. The lowest BCUT2D eigenvalue weighted by Gasteiger charge is -2.18. The molecule has 0 aliphatic carbocycles. The first-order chi connectivity index (χ1) is 13.3. The SMILES string of the molecule is Cc1cc(=O)n2nc(CN3CC(CC(=O)N(C)C)c4cc(Cl)ccc43)sc2n1. The van der Waals surface area contributed by atoms with Crippen LogP contribution in [0.2, 0.25) is 5.02 Å². The van der Waals surface area contributed by atoms with Gasteiger partial charge < -0.3 is 9.80 Å². The number of aryl methyl sites for hydroxylation is 1. The van der Waals surface area contributed by atoms with Gasteiger partial charge in [0.2, 0.25) is 10.9 Å². The van der Waals surface area contributed by atoms with Crippen LogP contribution < -0.4 is 10.5 Å². The lowest BCUT2D eigenvalue weighted by molar-refractivity contribution is -0.129. The first-order valence-corrected chi connectivity index (χ1v) is 10.1. The number of amides is 1. The number of benzene rings is 1. The van der Waals surface area contributed by atoms with E-state index in [4.69, 9.17) is 11.6 Å². The van der Waals surface area contributed by atoms with Crippen LogP contribution in [0.25, 0.3) is 4.96 Å². The summed E-state index contributed by atoms with van der Waals surface area (Å²) in [6.07, 6.45) is 0.427. The average Bonchev–Trinajstić information content (AvgIpc) is 3.16. The van der Waals surface area contributed by atoms with Gasteiger partial charge >= 0.3 is 0 Å². The van der Waals surface area contributed by atoms with Gasteiger partial charge in [0, 0.05) is 55.4 Å². The van der Waals surface area contributed by atoms with E-state index >= 15 is 0 Å². The molecule has 1 aliphatic rings. The number of halogens is 1. The van der Waals surface area contributed by atoms with Crippen LogP contribution in [0.5, 0.6) is 0 Å². The van der Waals surface area contributed by atoms with Crippen molar-refractivity contribution in [2.24, 2.45) is 0 Å². The molecule has 3 heterocycles. The molecule has 146 valence electrons. The van der Waals surface area contributed by atoms with Crippen LogP contribution in [0.1, 0.15) is 28.6 Å². The van der Waals surface area contributed by atoms with Crippen LogP contribution in [0.3, 0.4) is 0 Å². The maximum atomic E-state index is 12.3. The minimum absolute atomic E-state index is 0.0704. The molecular weight excluding hydrogens is 398 g/mol. The highest BCUT2D eigenvalue weighted by molar-refractivity contribution is 7.16. The smallest absolute Gasteiger partial charge is 0.275 e. The van der Waals surface area contributed by atoms with E-state index < -0.39 is 0 Å². The Labute approximate surface area is 171 Å². The van der Waals surface area contributed by atoms with E-state index in [2.05, 4.69) is 15.0 Å². The van der Waals surface area contributed by atoms with Crippen molar-refractivity contribution in [3.05, 3.63) is 55.9 Å². The van der Waals surface area contributed by atoms with Crippen LogP contribution in [0.4, 0.5) is 5.69 Å². The Bertz CT molecular complexity index is 1120. The number of anilines is 1. The highest BCUT2D eigenvalue weighted by Gasteiger charge is 2.31. The van der Waals surface area contributed by atoms with Crippen LogP contribution >= 0.6 is 22.9 Å². The predicted octanol–water partition coefficient (Wildman–Crippen LogP) is 2.69. The van der Waals surface area contributed by atoms with E-state index in [1.54, 1.807) is 25.9 Å². The van der Waals surface area contributed by atoms with Gasteiger partial charge in [0.05, 0.1) is 6.54 Å². The molecule has 1 amide bonds. The van der Waals surface area contributed by atoms with Crippen LogP contribution in [0, 0.1) is 6.92 Å². The Morgan fingerprint density at radius 3 is 2.89 bits per heavy atom. The second kappa shape index (κ2) is 7.18. The summed E-state index contributed by atoms with van der Waals surface area (Å²) < 4.78 is 1.35. The molecule has 0 fully saturated rings. The molecule has 1 aliphatic heterocycles. The zero-order chi connectivity index (χ0) is 20.0. The summed E-state index contributed by atoms with van der Waals surface area (Å²) in [5.74, 6) is 0.157. The van der Waals surface area contributed by atoms with E-state index in [-0.39, 0.29) is 17.4 Å². The topological polar surface area (TPSA) is 70.8 Å². The van der Waals surface area contributed by atoms with Crippen molar-refractivity contribution in [1.82, 2.24) is 19.5 Å². The Hall–Kier alpha value is -2.45. The van der Waals surface area contributed by atoms with Crippen molar-refractivity contribution in [2.75, 3.05) is 25.5 Å². The Morgan fingerprint density at radius 1 is 1.36 bits per heavy atom. The fraction of sp³-hybridized carbons (Fsp3) is 0.368. The minimum atomic E-state index is -0.173. The van der Waals surface area contributed by atoms with E-state index in [9.17, 15) is 9.59 Å². The third kappa shape index (κ3) is 3.49. The number of hydrogen-bond donors (Lipinski definition) is 0. The summed E-state index contributed by atoms with van der Waals surface area (Å²) in [5, 5.41) is 5.90. The van der Waals surface area contributed by atoms with E-state index in [0.29, 0.717) is 35.2 Å². The zero-order valence-electron chi connectivity index (χ0n) is 15.8. The number of rotatable bonds is 4. The van der Waals surface area contributed by atoms with Crippen LogP contribution in [0.15, 0.2) is 29.1 Å². The summed E-state index contributed by atoms with van der Waals surface area (Å²) >= 11 is 7.62. The molecule has 0 bridgehead atoms. The number of carbonyl (C=O) groups is 1. The second-order valence-corrected chi connectivity index (χ2v) is 8.68. The largest absolute Gasteiger partial charge is 0.364 e. The molecule has 0 radical (unpaired) electrons. The molecule has 2 aromatic heterocycles. The minimum Gasteiger partial charge on any atom is -0.364 e. The summed E-state index contributed by atoms with van der Waals surface area (Å²) in [6.45, 7) is 3.05. The van der Waals surface area contributed by atoms with Crippen molar-refractivity contribution in [3.8, 4) is 0 Å². The van der Waals surface area contributed by atoms with Gasteiger partial charge in [-0.3, -0.25) is 9.59 Å². The summed E-state index contributed by atoms with van der Waals surface area (Å²) in [6, 6.07) is 7.27. The van der Waals surface area contributed by atoms with Gasteiger partial charge in [-0.2, -0.15) is 9.61 Å². The lowest BCUT2D eigenvalue weighted by atomic mass is 9.97.